The first-order chi connectivity index (χ1) is 16.0. The second-order valence-corrected chi connectivity index (χ2v) is 11.5. The Morgan fingerprint density at radius 2 is 1.38 bits per heavy atom. The number of quaternary nitrogens is 1. The molecule has 0 aromatic heterocycles. The normalized spacial score (nSPS) is 14.6. The van der Waals surface area contributed by atoms with E-state index in [1.54, 1.807) is 0 Å². The number of amides is 1. The fraction of sp³-hybridized carbons (Fsp3) is 0.960. The average molecular weight is 509 g/mol. The summed E-state index contributed by atoms with van der Waals surface area (Å²) < 4.78 is 21.5. The van der Waals surface area contributed by atoms with Gasteiger partial charge in [0.15, 0.2) is 0 Å². The van der Waals surface area contributed by atoms with Crippen molar-refractivity contribution in [3.05, 3.63) is 0 Å². The van der Waals surface area contributed by atoms with Crippen LogP contribution in [0.3, 0.4) is 0 Å². The Labute approximate surface area is 209 Å². The Kier molecular flexibility index (Phi) is 20.4. The van der Waals surface area contributed by atoms with Gasteiger partial charge < -0.3 is 24.3 Å². The zero-order valence-electron chi connectivity index (χ0n) is 22.4. The van der Waals surface area contributed by atoms with Crippen LogP contribution >= 0.6 is 7.82 Å². The van der Waals surface area contributed by atoms with Crippen LogP contribution in [0.15, 0.2) is 0 Å². The number of ether oxygens (including phenoxy) is 1. The number of likely N-dealkylation sites (N-methyl/N-ethyl adjacent to an activating group) is 1. The minimum atomic E-state index is -4.85. The monoisotopic (exact) mass is 508 g/mol. The van der Waals surface area contributed by atoms with Gasteiger partial charge in [-0.1, -0.05) is 84.0 Å². The zero-order chi connectivity index (χ0) is 25.7. The lowest BCUT2D eigenvalue weighted by molar-refractivity contribution is -0.876. The smallest absolute Gasteiger partial charge is 0.267 e. The summed E-state index contributed by atoms with van der Waals surface area (Å²) in [7, 11) is 0.770. The summed E-state index contributed by atoms with van der Waals surface area (Å²) in [4.78, 5) is 31.9. The molecule has 8 nitrogen and oxygen atoms in total. The van der Waals surface area contributed by atoms with Gasteiger partial charge in [-0.15, -0.1) is 0 Å². The molecular formula is C25H53N2O6P. The molecule has 34 heavy (non-hydrogen) atoms. The van der Waals surface area contributed by atoms with Crippen LogP contribution in [0.1, 0.15) is 110 Å². The van der Waals surface area contributed by atoms with Crippen molar-refractivity contribution >= 4 is 13.7 Å². The summed E-state index contributed by atoms with van der Waals surface area (Å²) >= 11 is 0. The number of nitrogens with one attached hydrogen (secondary N) is 1. The maximum absolute atomic E-state index is 11.9. The number of carbonyl (C=O) groups is 1. The molecule has 0 rings (SSSR count). The topological polar surface area (TPSA) is 108 Å². The summed E-state index contributed by atoms with van der Waals surface area (Å²) in [6.45, 7) is 3.40. The van der Waals surface area contributed by atoms with E-state index in [-0.39, 0.29) is 12.5 Å². The molecule has 204 valence electrons. The Balaban J connectivity index is 3.57. The molecule has 0 spiro atoms. The third kappa shape index (κ3) is 26.1. The van der Waals surface area contributed by atoms with Gasteiger partial charge in [-0.3, -0.25) is 13.9 Å². The lowest BCUT2D eigenvalue weighted by atomic mass is 10.0. The van der Waals surface area contributed by atoms with Crippen molar-refractivity contribution in [3.63, 3.8) is 0 Å². The van der Waals surface area contributed by atoms with Gasteiger partial charge in [-0.25, -0.2) is 0 Å². The van der Waals surface area contributed by atoms with E-state index >= 15 is 0 Å². The molecule has 9 heteroatoms. The molecule has 0 bridgehead atoms. The molecule has 2 atom stereocenters. The predicted molar refractivity (Wildman–Crippen MR) is 136 cm³/mol. The number of hydrogen-bond donors (Lipinski definition) is 2. The average Bonchev–Trinajstić information content (AvgIpc) is 2.71. The maximum atomic E-state index is 11.9. The Bertz CT molecular complexity index is 536. The molecule has 0 radical (unpaired) electrons. The molecule has 0 aromatic rings. The largest absolute Gasteiger partial charge is 0.756 e. The van der Waals surface area contributed by atoms with E-state index in [0.717, 1.165) is 19.3 Å². The van der Waals surface area contributed by atoms with Crippen molar-refractivity contribution in [2.75, 3.05) is 40.8 Å². The highest BCUT2D eigenvalue weighted by molar-refractivity contribution is 7.44. The van der Waals surface area contributed by atoms with E-state index in [2.05, 4.69) is 16.8 Å². The number of phosphoric acid groups is 1. The van der Waals surface area contributed by atoms with Crippen molar-refractivity contribution < 1.29 is 32.9 Å². The zero-order valence-corrected chi connectivity index (χ0v) is 23.3. The van der Waals surface area contributed by atoms with Crippen LogP contribution in [-0.2, 0) is 18.6 Å². The molecule has 0 aliphatic carbocycles. The Hall–Kier alpha value is -0.500. The second-order valence-electron chi connectivity index (χ2n) is 10.4. The van der Waals surface area contributed by atoms with E-state index in [4.69, 9.17) is 9.63 Å². The van der Waals surface area contributed by atoms with Gasteiger partial charge >= 0.3 is 0 Å². The van der Waals surface area contributed by atoms with Crippen LogP contribution in [0.4, 0.5) is 0 Å². The highest BCUT2D eigenvalue weighted by atomic mass is 31.2. The maximum Gasteiger partial charge on any atom is 0.267 e. The van der Waals surface area contributed by atoms with E-state index < -0.39 is 14.1 Å². The van der Waals surface area contributed by atoms with E-state index in [0.29, 0.717) is 30.5 Å². The standard InChI is InChI=1S/C25H53N2O6P/c1-5-6-7-8-9-10-11-12-13-14-15-16-17-20-24(28)26-21-18-19-22-32-25(23-27(2,3)4)33-34(29,30)31/h25H,5-23H2,1-4H3,(H2-,26,28,29,30,31). The first-order valence-electron chi connectivity index (χ1n) is 13.4. The molecule has 2 N–H and O–H groups in total. The van der Waals surface area contributed by atoms with E-state index in [1.807, 2.05) is 21.1 Å². The van der Waals surface area contributed by atoms with Crippen molar-refractivity contribution in [2.24, 2.45) is 0 Å². The van der Waals surface area contributed by atoms with Gasteiger partial charge in [0.1, 0.15) is 6.54 Å². The summed E-state index contributed by atoms with van der Waals surface area (Å²) in [5, 5.41) is 2.93. The lowest BCUT2D eigenvalue weighted by Crippen LogP contribution is -2.43. The minimum absolute atomic E-state index is 0.0859. The number of nitrogens with zero attached hydrogens (tertiary/aromatic N) is 1. The first kappa shape index (κ1) is 33.5. The molecule has 0 fully saturated rings. The minimum Gasteiger partial charge on any atom is -0.756 e. The van der Waals surface area contributed by atoms with Crippen molar-refractivity contribution in [1.82, 2.24) is 5.32 Å². The molecule has 0 saturated heterocycles. The molecule has 2 unspecified atom stereocenters. The number of carbonyl (C=O) groups excluding carboxylic acids is 1. The quantitative estimate of drug-likeness (QED) is 0.0832. The highest BCUT2D eigenvalue weighted by Gasteiger charge is 2.23. The fourth-order valence-corrected chi connectivity index (χ4v) is 4.20. The first-order valence-corrected chi connectivity index (χ1v) is 14.9. The molecule has 0 heterocycles. The van der Waals surface area contributed by atoms with Gasteiger partial charge in [-0.05, 0) is 19.3 Å². The molecule has 1 amide bonds. The van der Waals surface area contributed by atoms with Crippen LogP contribution in [-0.4, -0.2) is 62.4 Å². The van der Waals surface area contributed by atoms with Gasteiger partial charge in [0.2, 0.25) is 12.2 Å². The lowest BCUT2D eigenvalue weighted by Gasteiger charge is -2.31. The summed E-state index contributed by atoms with van der Waals surface area (Å²) in [5.74, 6) is 0.0859. The molecule has 0 saturated carbocycles. The summed E-state index contributed by atoms with van der Waals surface area (Å²) in [6, 6.07) is 0. The van der Waals surface area contributed by atoms with Gasteiger partial charge in [0, 0.05) is 13.0 Å². The molecule has 0 aromatic carbocycles. The van der Waals surface area contributed by atoms with Crippen molar-refractivity contribution in [1.29, 1.82) is 0 Å². The van der Waals surface area contributed by atoms with Crippen LogP contribution in [0.2, 0.25) is 0 Å². The van der Waals surface area contributed by atoms with Gasteiger partial charge in [0.05, 0.1) is 27.7 Å². The summed E-state index contributed by atoms with van der Waals surface area (Å²) in [6.07, 6.45) is 17.7. The molecule has 0 aliphatic heterocycles. The van der Waals surface area contributed by atoms with Gasteiger partial charge in [-0.2, -0.15) is 0 Å². The SMILES string of the molecule is CCCCCCCCCCCCCCCC(=O)NCCCCOC(C[N+](C)(C)C)OP(=O)([O-])O. The molecular weight excluding hydrogens is 455 g/mol. The number of unbranched alkanes of at least 4 members (excludes halogenated alkanes) is 13. The van der Waals surface area contributed by atoms with Gasteiger partial charge in [0.25, 0.3) is 7.82 Å². The molecule has 0 aliphatic rings. The van der Waals surface area contributed by atoms with Crippen LogP contribution in [0.25, 0.3) is 0 Å². The highest BCUT2D eigenvalue weighted by Crippen LogP contribution is 2.33. The van der Waals surface area contributed by atoms with Crippen molar-refractivity contribution in [3.8, 4) is 0 Å². The van der Waals surface area contributed by atoms with Crippen LogP contribution < -0.4 is 10.2 Å². The number of hydrogen-bond acceptors (Lipinski definition) is 5. The van der Waals surface area contributed by atoms with Crippen LogP contribution in [0.5, 0.6) is 0 Å². The Morgan fingerprint density at radius 3 is 1.85 bits per heavy atom. The Morgan fingerprint density at radius 1 is 0.882 bits per heavy atom. The van der Waals surface area contributed by atoms with E-state index in [1.165, 1.54) is 70.6 Å². The summed E-state index contributed by atoms with van der Waals surface area (Å²) in [5.41, 5.74) is 0. The number of phosphoric ester groups is 1. The predicted octanol–water partition coefficient (Wildman–Crippen LogP) is 4.89. The second kappa shape index (κ2) is 20.7. The van der Waals surface area contributed by atoms with E-state index in [9.17, 15) is 14.3 Å². The fourth-order valence-electron chi connectivity index (χ4n) is 3.77. The van der Waals surface area contributed by atoms with Crippen molar-refractivity contribution in [2.45, 2.75) is 116 Å². The third-order valence-corrected chi connectivity index (χ3v) is 6.15. The van der Waals surface area contributed by atoms with Crippen LogP contribution in [0, 0.1) is 0 Å². The third-order valence-electron chi connectivity index (χ3n) is 5.65. The number of rotatable bonds is 24.